The number of rotatable bonds is 8. The summed E-state index contributed by atoms with van der Waals surface area (Å²) in [6, 6.07) is 10.2. The molecule has 2 aromatic rings. The molecule has 2 aromatic carbocycles. The van der Waals surface area contributed by atoms with Crippen molar-refractivity contribution in [3.05, 3.63) is 58.8 Å². The van der Waals surface area contributed by atoms with Crippen LogP contribution in [-0.2, 0) is 4.79 Å². The van der Waals surface area contributed by atoms with Crippen LogP contribution in [0.3, 0.4) is 0 Å². The number of nitrogens with one attached hydrogen (secondary N) is 1. The summed E-state index contributed by atoms with van der Waals surface area (Å²) < 4.78 is 15.7. The van der Waals surface area contributed by atoms with Gasteiger partial charge in [-0.3, -0.25) is 4.79 Å². The Morgan fingerprint density at radius 3 is 1.93 bits per heavy atom. The zero-order chi connectivity index (χ0) is 21.6. The predicted octanol–water partition coefficient (Wildman–Crippen LogP) is 2.36. The first-order chi connectivity index (χ1) is 13.8. The first kappa shape index (κ1) is 21.8. The average molecular weight is 398 g/mol. The van der Waals surface area contributed by atoms with E-state index < -0.39 is 11.9 Å². The number of hydrogen-bond acceptors (Lipinski definition) is 6. The van der Waals surface area contributed by atoms with Gasteiger partial charge in [-0.05, 0) is 35.3 Å². The Bertz CT molecular complexity index is 890. The van der Waals surface area contributed by atoms with Gasteiger partial charge in [0, 0.05) is 5.56 Å². The average Bonchev–Trinajstić information content (AvgIpc) is 2.72. The van der Waals surface area contributed by atoms with Crippen LogP contribution in [0.1, 0.15) is 41.3 Å². The predicted molar refractivity (Wildman–Crippen MR) is 107 cm³/mol. The number of carboxylic acids is 1. The maximum atomic E-state index is 12.6. The fraction of sp³-hybridized carbons (Fsp3) is 0.273. The van der Waals surface area contributed by atoms with Gasteiger partial charge in [0.15, 0.2) is 11.5 Å². The monoisotopic (exact) mass is 398 g/mol. The van der Waals surface area contributed by atoms with Gasteiger partial charge in [-0.25, -0.2) is 0 Å². The number of aliphatic carboxylic acids is 1. The van der Waals surface area contributed by atoms with E-state index in [9.17, 15) is 14.7 Å². The minimum atomic E-state index is -1.50. The molecule has 0 atom stereocenters. The second-order valence-electron chi connectivity index (χ2n) is 6.53. The second-order valence-corrected chi connectivity index (χ2v) is 6.53. The number of carbonyl (C=O) groups is 2. The molecule has 0 fully saturated rings. The molecule has 0 bridgehead atoms. The quantitative estimate of drug-likeness (QED) is 0.686. The zero-order valence-corrected chi connectivity index (χ0v) is 17.1. The molecule has 0 aromatic heterocycles. The third kappa shape index (κ3) is 5.28. The molecule has 1 N–H and O–H groups in total. The third-order valence-electron chi connectivity index (χ3n) is 4.31. The highest BCUT2D eigenvalue weighted by molar-refractivity contribution is 6.02. The van der Waals surface area contributed by atoms with E-state index in [4.69, 9.17) is 14.2 Å². The van der Waals surface area contributed by atoms with E-state index in [1.54, 1.807) is 12.1 Å². The Kier molecular flexibility index (Phi) is 7.25. The van der Waals surface area contributed by atoms with Crippen molar-refractivity contribution in [1.82, 2.24) is 5.32 Å². The highest BCUT2D eigenvalue weighted by Gasteiger charge is 2.18. The Hall–Kier alpha value is -3.48. The SMILES string of the molecule is COc1cc(C(=O)N/C(=C/c2ccc(C(C)C)cc2)C(=O)[O-])cc(OC)c1OC. The lowest BCUT2D eigenvalue weighted by molar-refractivity contribution is -0.299. The van der Waals surface area contributed by atoms with Crippen LogP contribution in [0.5, 0.6) is 17.2 Å². The fourth-order valence-corrected chi connectivity index (χ4v) is 2.70. The van der Waals surface area contributed by atoms with Crippen molar-refractivity contribution >= 4 is 18.0 Å². The molecule has 0 heterocycles. The first-order valence-electron chi connectivity index (χ1n) is 8.95. The van der Waals surface area contributed by atoms with Gasteiger partial charge < -0.3 is 29.4 Å². The largest absolute Gasteiger partial charge is 0.543 e. The van der Waals surface area contributed by atoms with Crippen LogP contribution in [0.25, 0.3) is 6.08 Å². The van der Waals surface area contributed by atoms with Gasteiger partial charge in [0.05, 0.1) is 33.0 Å². The van der Waals surface area contributed by atoms with Crippen molar-refractivity contribution in [3.8, 4) is 17.2 Å². The molecule has 2 rings (SSSR count). The normalized spacial score (nSPS) is 11.2. The van der Waals surface area contributed by atoms with Crippen molar-refractivity contribution in [2.75, 3.05) is 21.3 Å². The molecular formula is C22H24NO6-. The minimum absolute atomic E-state index is 0.141. The molecule has 0 radical (unpaired) electrons. The number of ether oxygens (including phenoxy) is 3. The van der Waals surface area contributed by atoms with E-state index in [0.717, 1.165) is 5.56 Å². The number of hydrogen-bond donors (Lipinski definition) is 1. The molecule has 7 nitrogen and oxygen atoms in total. The van der Waals surface area contributed by atoms with Crippen molar-refractivity contribution in [2.24, 2.45) is 0 Å². The van der Waals surface area contributed by atoms with E-state index in [0.29, 0.717) is 17.2 Å². The Morgan fingerprint density at radius 2 is 1.52 bits per heavy atom. The molecule has 0 aliphatic carbocycles. The van der Waals surface area contributed by atoms with E-state index in [-0.39, 0.29) is 22.8 Å². The van der Waals surface area contributed by atoms with E-state index in [2.05, 4.69) is 19.2 Å². The molecule has 154 valence electrons. The Morgan fingerprint density at radius 1 is 0.966 bits per heavy atom. The molecule has 1 amide bonds. The highest BCUT2D eigenvalue weighted by Crippen LogP contribution is 2.38. The summed E-state index contributed by atoms with van der Waals surface area (Å²) in [6.45, 7) is 4.13. The third-order valence-corrected chi connectivity index (χ3v) is 4.31. The second kappa shape index (κ2) is 9.64. The van der Waals surface area contributed by atoms with Crippen LogP contribution in [0.15, 0.2) is 42.1 Å². The summed E-state index contributed by atoms with van der Waals surface area (Å²) in [5.74, 6) is -0.918. The molecule has 0 saturated heterocycles. The lowest BCUT2D eigenvalue weighted by Gasteiger charge is -2.15. The van der Waals surface area contributed by atoms with Crippen molar-refractivity contribution < 1.29 is 28.9 Å². The summed E-state index contributed by atoms with van der Waals surface area (Å²) in [6.07, 6.45) is 1.34. The maximum Gasteiger partial charge on any atom is 0.255 e. The summed E-state index contributed by atoms with van der Waals surface area (Å²) in [7, 11) is 4.29. The fourth-order valence-electron chi connectivity index (χ4n) is 2.70. The zero-order valence-electron chi connectivity index (χ0n) is 17.1. The van der Waals surface area contributed by atoms with Gasteiger partial charge in [0.2, 0.25) is 5.75 Å². The molecule has 0 spiro atoms. The van der Waals surface area contributed by atoms with Gasteiger partial charge in [0.25, 0.3) is 5.91 Å². The lowest BCUT2D eigenvalue weighted by atomic mass is 10.0. The maximum absolute atomic E-state index is 12.6. The molecule has 0 unspecified atom stereocenters. The summed E-state index contributed by atoms with van der Waals surface area (Å²) in [5.41, 5.74) is 1.53. The van der Waals surface area contributed by atoms with Crippen LogP contribution in [-0.4, -0.2) is 33.2 Å². The van der Waals surface area contributed by atoms with Gasteiger partial charge in [-0.1, -0.05) is 38.1 Å². The number of carboxylic acid groups (broad SMARTS) is 1. The van der Waals surface area contributed by atoms with E-state index >= 15 is 0 Å². The molecule has 29 heavy (non-hydrogen) atoms. The van der Waals surface area contributed by atoms with Gasteiger partial charge in [0.1, 0.15) is 0 Å². The molecular weight excluding hydrogens is 374 g/mol. The number of carbonyl (C=O) groups excluding carboxylic acids is 2. The van der Waals surface area contributed by atoms with Crippen LogP contribution in [0.2, 0.25) is 0 Å². The molecule has 7 heteroatoms. The Labute approximate surface area is 169 Å². The van der Waals surface area contributed by atoms with Gasteiger partial charge in [-0.15, -0.1) is 0 Å². The van der Waals surface area contributed by atoms with Crippen LogP contribution >= 0.6 is 0 Å². The number of amides is 1. The van der Waals surface area contributed by atoms with Crippen LogP contribution < -0.4 is 24.6 Å². The summed E-state index contributed by atoms with van der Waals surface area (Å²) in [5, 5.41) is 13.9. The Balaban J connectivity index is 2.33. The lowest BCUT2D eigenvalue weighted by Crippen LogP contribution is -2.35. The van der Waals surface area contributed by atoms with Gasteiger partial charge in [-0.2, -0.15) is 0 Å². The highest BCUT2D eigenvalue weighted by atomic mass is 16.5. The van der Waals surface area contributed by atoms with Crippen molar-refractivity contribution in [3.63, 3.8) is 0 Å². The molecule has 0 aliphatic heterocycles. The number of benzene rings is 2. The molecule has 0 aliphatic rings. The van der Waals surface area contributed by atoms with Gasteiger partial charge >= 0.3 is 0 Å². The number of methoxy groups -OCH3 is 3. The minimum Gasteiger partial charge on any atom is -0.543 e. The standard InChI is InChI=1S/C22H25NO6/c1-13(2)15-8-6-14(7-9-15)10-17(22(25)26)23-21(24)16-11-18(27-3)20(29-5)19(12-16)28-4/h6-13H,1-5H3,(H,23,24)(H,25,26)/p-1/b17-10+. The van der Waals surface area contributed by atoms with Crippen molar-refractivity contribution in [1.29, 1.82) is 0 Å². The summed E-state index contributed by atoms with van der Waals surface area (Å²) >= 11 is 0. The topological polar surface area (TPSA) is 96.9 Å². The van der Waals surface area contributed by atoms with E-state index in [1.165, 1.54) is 39.5 Å². The van der Waals surface area contributed by atoms with Crippen LogP contribution in [0, 0.1) is 0 Å². The van der Waals surface area contributed by atoms with Crippen molar-refractivity contribution in [2.45, 2.75) is 19.8 Å². The molecule has 0 saturated carbocycles. The smallest absolute Gasteiger partial charge is 0.255 e. The first-order valence-corrected chi connectivity index (χ1v) is 8.95. The summed E-state index contributed by atoms with van der Waals surface area (Å²) in [4.78, 5) is 24.2. The van der Waals surface area contributed by atoms with E-state index in [1.807, 2.05) is 12.1 Å². The van der Waals surface area contributed by atoms with Crippen LogP contribution in [0.4, 0.5) is 0 Å².